The second-order valence-electron chi connectivity index (χ2n) is 2.31. The maximum atomic E-state index is 11.3. The number of nitrogens with two attached hydrogens (primary N) is 1. The fourth-order valence-corrected chi connectivity index (χ4v) is 1.16. The lowest BCUT2D eigenvalue weighted by molar-refractivity contribution is 0.0527. The summed E-state index contributed by atoms with van der Waals surface area (Å²) in [5.41, 5.74) is 6.19. The first-order valence-electron chi connectivity index (χ1n) is 3.73. The Bertz CT molecular complexity index is 328. The Morgan fingerprint density at radius 3 is 3.08 bits per heavy atom. The summed E-state index contributed by atoms with van der Waals surface area (Å²) in [4.78, 5) is 15.1. The number of pyridine rings is 1. The zero-order valence-electron chi connectivity index (χ0n) is 7.08. The van der Waals surface area contributed by atoms with Gasteiger partial charge in [0.1, 0.15) is 4.60 Å². The van der Waals surface area contributed by atoms with E-state index in [0.717, 1.165) is 0 Å². The number of ether oxygens (including phenoxy) is 1. The molecule has 0 saturated carbocycles. The van der Waals surface area contributed by atoms with E-state index in [4.69, 9.17) is 10.5 Å². The fourth-order valence-electron chi connectivity index (χ4n) is 0.826. The molecule has 0 fully saturated rings. The van der Waals surface area contributed by atoms with Gasteiger partial charge in [-0.2, -0.15) is 0 Å². The van der Waals surface area contributed by atoms with Gasteiger partial charge >= 0.3 is 5.97 Å². The summed E-state index contributed by atoms with van der Waals surface area (Å²) < 4.78 is 5.36. The standard InChI is InChI=1S/C8H9BrN2O2/c1-2-13-8(12)5-3-7(9)11-4-6(5)10/h3-4H,2,10H2,1H3. The number of esters is 1. The quantitative estimate of drug-likeness (QED) is 0.634. The number of aromatic nitrogens is 1. The molecular weight excluding hydrogens is 236 g/mol. The van der Waals surface area contributed by atoms with Crippen molar-refractivity contribution in [3.63, 3.8) is 0 Å². The van der Waals surface area contributed by atoms with Crippen LogP contribution in [0.4, 0.5) is 5.69 Å². The third-order valence-electron chi connectivity index (χ3n) is 1.40. The first kappa shape index (κ1) is 9.98. The minimum absolute atomic E-state index is 0.321. The van der Waals surface area contributed by atoms with Gasteiger partial charge in [-0.25, -0.2) is 9.78 Å². The van der Waals surface area contributed by atoms with E-state index in [1.165, 1.54) is 12.3 Å². The second kappa shape index (κ2) is 4.23. The summed E-state index contributed by atoms with van der Waals surface area (Å²) in [6, 6.07) is 1.54. The second-order valence-corrected chi connectivity index (χ2v) is 3.13. The van der Waals surface area contributed by atoms with E-state index in [2.05, 4.69) is 20.9 Å². The van der Waals surface area contributed by atoms with E-state index in [-0.39, 0.29) is 0 Å². The molecular formula is C8H9BrN2O2. The molecule has 0 spiro atoms. The van der Waals surface area contributed by atoms with Crippen LogP contribution in [0.25, 0.3) is 0 Å². The Balaban J connectivity index is 2.99. The van der Waals surface area contributed by atoms with Crippen LogP contribution in [0.3, 0.4) is 0 Å². The van der Waals surface area contributed by atoms with Gasteiger partial charge in [-0.1, -0.05) is 0 Å². The van der Waals surface area contributed by atoms with Crippen LogP contribution in [-0.4, -0.2) is 17.6 Å². The lowest BCUT2D eigenvalue weighted by atomic mass is 10.2. The highest BCUT2D eigenvalue weighted by atomic mass is 79.9. The molecule has 13 heavy (non-hydrogen) atoms. The molecule has 2 N–H and O–H groups in total. The van der Waals surface area contributed by atoms with Gasteiger partial charge in [0.15, 0.2) is 0 Å². The number of rotatable bonds is 2. The SMILES string of the molecule is CCOC(=O)c1cc(Br)ncc1N. The topological polar surface area (TPSA) is 65.2 Å². The molecule has 1 rings (SSSR count). The van der Waals surface area contributed by atoms with Crippen LogP contribution in [-0.2, 0) is 4.74 Å². The molecule has 0 radical (unpaired) electrons. The van der Waals surface area contributed by atoms with Crippen molar-refractivity contribution in [2.45, 2.75) is 6.92 Å². The molecule has 4 nitrogen and oxygen atoms in total. The molecule has 70 valence electrons. The molecule has 1 aromatic heterocycles. The Labute approximate surface area is 84.2 Å². The Hall–Kier alpha value is -1.10. The smallest absolute Gasteiger partial charge is 0.340 e. The average molecular weight is 245 g/mol. The molecule has 0 aliphatic carbocycles. The minimum Gasteiger partial charge on any atom is -0.462 e. The number of hydrogen-bond donors (Lipinski definition) is 1. The van der Waals surface area contributed by atoms with Crippen LogP contribution >= 0.6 is 15.9 Å². The van der Waals surface area contributed by atoms with Gasteiger partial charge < -0.3 is 10.5 Å². The Morgan fingerprint density at radius 1 is 1.77 bits per heavy atom. The van der Waals surface area contributed by atoms with E-state index in [0.29, 0.717) is 22.5 Å². The molecule has 0 amide bonds. The highest BCUT2D eigenvalue weighted by molar-refractivity contribution is 9.10. The summed E-state index contributed by atoms with van der Waals surface area (Å²) >= 11 is 3.14. The summed E-state index contributed by atoms with van der Waals surface area (Å²) in [5, 5.41) is 0. The monoisotopic (exact) mass is 244 g/mol. The van der Waals surface area contributed by atoms with Crippen LogP contribution in [0.1, 0.15) is 17.3 Å². The average Bonchev–Trinajstić information content (AvgIpc) is 2.09. The molecule has 5 heteroatoms. The van der Waals surface area contributed by atoms with Gasteiger partial charge in [-0.05, 0) is 28.9 Å². The van der Waals surface area contributed by atoms with E-state index >= 15 is 0 Å². The van der Waals surface area contributed by atoms with Crippen LogP contribution in [0.2, 0.25) is 0 Å². The summed E-state index contributed by atoms with van der Waals surface area (Å²) in [6.07, 6.45) is 1.41. The third-order valence-corrected chi connectivity index (χ3v) is 1.83. The van der Waals surface area contributed by atoms with Crippen molar-refractivity contribution >= 4 is 27.6 Å². The number of hydrogen-bond acceptors (Lipinski definition) is 4. The summed E-state index contributed by atoms with van der Waals surface area (Å²) in [5.74, 6) is -0.428. The molecule has 1 aromatic rings. The summed E-state index contributed by atoms with van der Waals surface area (Å²) in [6.45, 7) is 2.07. The van der Waals surface area contributed by atoms with Crippen LogP contribution in [0.5, 0.6) is 0 Å². The van der Waals surface area contributed by atoms with Crippen molar-refractivity contribution in [3.05, 3.63) is 22.4 Å². The first-order valence-corrected chi connectivity index (χ1v) is 4.52. The molecule has 0 aliphatic rings. The number of halogens is 1. The van der Waals surface area contributed by atoms with Crippen LogP contribution in [0.15, 0.2) is 16.9 Å². The third kappa shape index (κ3) is 2.42. The molecule has 1 heterocycles. The maximum Gasteiger partial charge on any atom is 0.340 e. The highest BCUT2D eigenvalue weighted by Crippen LogP contribution is 2.16. The first-order chi connectivity index (χ1) is 6.15. The highest BCUT2D eigenvalue weighted by Gasteiger charge is 2.11. The molecule has 0 aliphatic heterocycles. The normalized spacial score (nSPS) is 9.69. The zero-order chi connectivity index (χ0) is 9.84. The van der Waals surface area contributed by atoms with Gasteiger partial charge in [0, 0.05) is 0 Å². The number of carbonyl (C=O) groups excluding carboxylic acids is 1. The lowest BCUT2D eigenvalue weighted by Gasteiger charge is -2.04. The molecule has 0 atom stereocenters. The van der Waals surface area contributed by atoms with E-state index in [1.54, 1.807) is 6.92 Å². The number of anilines is 1. The minimum atomic E-state index is -0.428. The van der Waals surface area contributed by atoms with E-state index < -0.39 is 5.97 Å². The zero-order valence-corrected chi connectivity index (χ0v) is 8.67. The molecule has 0 saturated heterocycles. The molecule has 0 aromatic carbocycles. The number of nitrogen functional groups attached to an aromatic ring is 1. The fraction of sp³-hybridized carbons (Fsp3) is 0.250. The Morgan fingerprint density at radius 2 is 2.46 bits per heavy atom. The number of carbonyl (C=O) groups is 1. The van der Waals surface area contributed by atoms with Gasteiger partial charge in [-0.3, -0.25) is 0 Å². The van der Waals surface area contributed by atoms with Gasteiger partial charge in [-0.15, -0.1) is 0 Å². The largest absolute Gasteiger partial charge is 0.462 e. The van der Waals surface area contributed by atoms with Crippen molar-refractivity contribution in [1.82, 2.24) is 4.98 Å². The number of nitrogens with zero attached hydrogens (tertiary/aromatic N) is 1. The van der Waals surface area contributed by atoms with Gasteiger partial charge in [0.2, 0.25) is 0 Å². The molecule has 0 bridgehead atoms. The van der Waals surface area contributed by atoms with E-state index in [9.17, 15) is 4.79 Å². The van der Waals surface area contributed by atoms with Crippen molar-refractivity contribution in [1.29, 1.82) is 0 Å². The van der Waals surface area contributed by atoms with E-state index in [1.807, 2.05) is 0 Å². The van der Waals surface area contributed by atoms with Crippen LogP contribution < -0.4 is 5.73 Å². The van der Waals surface area contributed by atoms with Gasteiger partial charge in [0.25, 0.3) is 0 Å². The predicted octanol–water partition coefficient (Wildman–Crippen LogP) is 1.60. The maximum absolute atomic E-state index is 11.3. The molecule has 0 unspecified atom stereocenters. The van der Waals surface area contributed by atoms with Crippen LogP contribution in [0, 0.1) is 0 Å². The Kier molecular flexibility index (Phi) is 3.25. The summed E-state index contributed by atoms with van der Waals surface area (Å²) in [7, 11) is 0. The van der Waals surface area contributed by atoms with Gasteiger partial charge in [0.05, 0.1) is 24.1 Å². The lowest BCUT2D eigenvalue weighted by Crippen LogP contribution is -2.08. The predicted molar refractivity (Wildman–Crippen MR) is 52.3 cm³/mol. The van der Waals surface area contributed by atoms with Crippen molar-refractivity contribution < 1.29 is 9.53 Å². The van der Waals surface area contributed by atoms with Crippen molar-refractivity contribution in [2.24, 2.45) is 0 Å². The van der Waals surface area contributed by atoms with Crippen molar-refractivity contribution in [3.8, 4) is 0 Å². The van der Waals surface area contributed by atoms with Crippen molar-refractivity contribution in [2.75, 3.05) is 12.3 Å².